The zero-order valence-corrected chi connectivity index (χ0v) is 18.8. The van der Waals surface area contributed by atoms with Crippen LogP contribution in [0.15, 0.2) is 70.2 Å². The summed E-state index contributed by atoms with van der Waals surface area (Å²) in [7, 11) is 0. The Balaban J connectivity index is 1.23. The second kappa shape index (κ2) is 8.41. The summed E-state index contributed by atoms with van der Waals surface area (Å²) in [4.78, 5) is 38.8. The first-order chi connectivity index (χ1) is 18.2. The minimum Gasteiger partial charge on any atom is -0.448 e. The number of allylic oxidation sites excluding steroid dienone is 1. The van der Waals surface area contributed by atoms with E-state index in [0.717, 1.165) is 0 Å². The van der Waals surface area contributed by atoms with E-state index in [9.17, 15) is 4.79 Å². The number of Topliss-reactive ketones (excluding diaryl/α,β-unsaturated/α-hetero) is 1. The van der Waals surface area contributed by atoms with Gasteiger partial charge in [-0.2, -0.15) is 0 Å². The lowest BCUT2D eigenvalue weighted by molar-refractivity contribution is 0.0977. The summed E-state index contributed by atoms with van der Waals surface area (Å²) in [5.74, 6) is 1.42. The van der Waals surface area contributed by atoms with Crippen molar-refractivity contribution in [2.45, 2.75) is 19.3 Å². The highest BCUT2D eigenvalue weighted by Gasteiger charge is 2.20. The van der Waals surface area contributed by atoms with E-state index < -0.39 is 0 Å². The molecule has 6 aromatic heterocycles. The van der Waals surface area contributed by atoms with Crippen molar-refractivity contribution in [3.8, 4) is 46.3 Å². The molecule has 0 saturated carbocycles. The Morgan fingerprint density at radius 3 is 1.89 bits per heavy atom. The van der Waals surface area contributed by atoms with E-state index in [4.69, 9.17) is 26.5 Å². The quantitative estimate of drug-likeness (QED) is 0.283. The lowest BCUT2D eigenvalue weighted by atomic mass is 10.1. The SMILES string of the molecule is O=C1CCc2coc(n2)-c2coc(n2)-c2coc(n2)/C=C/Cc2nc(co2)-c2nc(co2)-c2nc1co2. The number of aromatic nitrogens is 6. The van der Waals surface area contributed by atoms with Crippen molar-refractivity contribution in [3.05, 3.63) is 66.8 Å². The van der Waals surface area contributed by atoms with Gasteiger partial charge in [-0.25, -0.2) is 29.9 Å². The van der Waals surface area contributed by atoms with Gasteiger partial charge in [-0.1, -0.05) is 6.08 Å². The van der Waals surface area contributed by atoms with Crippen LogP contribution in [0.3, 0.4) is 0 Å². The predicted molar refractivity (Wildman–Crippen MR) is 120 cm³/mol. The molecule has 7 rings (SSSR count). The lowest BCUT2D eigenvalue weighted by Crippen LogP contribution is -2.02. The Hall–Kier alpha value is -5.33. The maximum atomic E-state index is 12.7. The van der Waals surface area contributed by atoms with Crippen molar-refractivity contribution in [1.29, 1.82) is 0 Å². The predicted octanol–water partition coefficient (Wildman–Crippen LogP) is 4.67. The Morgan fingerprint density at radius 1 is 0.541 bits per heavy atom. The van der Waals surface area contributed by atoms with Crippen LogP contribution >= 0.6 is 0 Å². The highest BCUT2D eigenvalue weighted by Crippen LogP contribution is 2.26. The topological polar surface area (TPSA) is 173 Å². The maximum absolute atomic E-state index is 12.7. The molecular formula is C24H14N6O7. The second-order valence-electron chi connectivity index (χ2n) is 7.98. The first-order valence-corrected chi connectivity index (χ1v) is 11.1. The van der Waals surface area contributed by atoms with Crippen molar-refractivity contribution >= 4 is 11.9 Å². The fourth-order valence-corrected chi connectivity index (χ4v) is 3.63. The smallest absolute Gasteiger partial charge is 0.249 e. The summed E-state index contributed by atoms with van der Waals surface area (Å²) in [5.41, 5.74) is 2.25. The minimum atomic E-state index is -0.225. The third-order valence-corrected chi connectivity index (χ3v) is 5.46. The molecule has 0 unspecified atom stereocenters. The van der Waals surface area contributed by atoms with Gasteiger partial charge in [0.15, 0.2) is 34.4 Å². The van der Waals surface area contributed by atoms with Gasteiger partial charge in [0.25, 0.3) is 0 Å². The summed E-state index contributed by atoms with van der Waals surface area (Å²) in [6.07, 6.45) is 12.7. The van der Waals surface area contributed by atoms with Crippen LogP contribution in [-0.2, 0) is 12.8 Å². The molecule has 1 aliphatic rings. The molecule has 7 heterocycles. The van der Waals surface area contributed by atoms with Crippen molar-refractivity contribution in [1.82, 2.24) is 29.9 Å². The van der Waals surface area contributed by atoms with Gasteiger partial charge in [0.2, 0.25) is 29.5 Å². The van der Waals surface area contributed by atoms with Gasteiger partial charge in [-0.3, -0.25) is 4.79 Å². The number of fused-ring (bicyclic) bond motifs is 16. The molecular weight excluding hydrogens is 484 g/mol. The third-order valence-electron chi connectivity index (χ3n) is 5.46. The average molecular weight is 498 g/mol. The van der Waals surface area contributed by atoms with Crippen LogP contribution in [0.2, 0.25) is 0 Å². The molecule has 1 aliphatic heterocycles. The summed E-state index contributed by atoms with van der Waals surface area (Å²) in [6, 6.07) is 0. The number of rotatable bonds is 0. The highest BCUT2D eigenvalue weighted by molar-refractivity contribution is 5.94. The molecule has 0 N–H and O–H groups in total. The third kappa shape index (κ3) is 3.97. The normalized spacial score (nSPS) is 14.4. The summed E-state index contributed by atoms with van der Waals surface area (Å²) < 4.78 is 33.0. The molecule has 0 saturated heterocycles. The molecule has 37 heavy (non-hydrogen) atoms. The molecule has 0 fully saturated rings. The van der Waals surface area contributed by atoms with Crippen LogP contribution in [0.5, 0.6) is 0 Å². The number of nitrogens with zero attached hydrogens (tertiary/aromatic N) is 6. The van der Waals surface area contributed by atoms with Crippen LogP contribution < -0.4 is 0 Å². The molecule has 6 aromatic rings. The molecule has 182 valence electrons. The number of oxazole rings is 6. The van der Waals surface area contributed by atoms with Crippen molar-refractivity contribution < 1.29 is 31.3 Å². The lowest BCUT2D eigenvalue weighted by Gasteiger charge is -1.93. The number of aryl methyl sites for hydroxylation is 1. The van der Waals surface area contributed by atoms with Crippen LogP contribution in [0, 0.1) is 0 Å². The van der Waals surface area contributed by atoms with Crippen LogP contribution in [0.25, 0.3) is 52.4 Å². The van der Waals surface area contributed by atoms with E-state index >= 15 is 0 Å². The zero-order chi connectivity index (χ0) is 24.8. The first kappa shape index (κ1) is 21.0. The van der Waals surface area contributed by atoms with Gasteiger partial charge in [-0.05, 0) is 6.08 Å². The maximum Gasteiger partial charge on any atom is 0.249 e. The Labute approximate surface area is 205 Å². The molecule has 0 amide bonds. The van der Waals surface area contributed by atoms with Crippen LogP contribution in [-0.4, -0.2) is 35.7 Å². The fourth-order valence-electron chi connectivity index (χ4n) is 3.63. The zero-order valence-electron chi connectivity index (χ0n) is 18.8. The van der Waals surface area contributed by atoms with Gasteiger partial charge in [0.05, 0.1) is 5.69 Å². The Kier molecular flexibility index (Phi) is 4.77. The number of hydrogen-bond donors (Lipinski definition) is 0. The summed E-state index contributed by atoms with van der Waals surface area (Å²) in [5, 5.41) is 0. The van der Waals surface area contributed by atoms with Crippen LogP contribution in [0.1, 0.15) is 34.4 Å². The van der Waals surface area contributed by atoms with E-state index in [1.807, 2.05) is 0 Å². The largest absolute Gasteiger partial charge is 0.448 e. The van der Waals surface area contributed by atoms with E-state index in [-0.39, 0.29) is 41.5 Å². The monoisotopic (exact) mass is 498 g/mol. The average Bonchev–Trinajstić information content (AvgIpc) is 3.74. The molecule has 0 aromatic carbocycles. The molecule has 12 bridgehead atoms. The molecule has 0 radical (unpaired) electrons. The summed E-state index contributed by atoms with van der Waals surface area (Å²) in [6.45, 7) is 0. The van der Waals surface area contributed by atoms with Gasteiger partial charge in [-0.15, -0.1) is 0 Å². The van der Waals surface area contributed by atoms with E-state index in [1.165, 1.54) is 37.6 Å². The Bertz CT molecular complexity index is 1760. The second-order valence-corrected chi connectivity index (χ2v) is 7.98. The van der Waals surface area contributed by atoms with Crippen molar-refractivity contribution in [3.63, 3.8) is 0 Å². The number of carbonyl (C=O) groups is 1. The highest BCUT2D eigenvalue weighted by atomic mass is 16.4. The standard InChI is InChI=1S/C24H14N6O7/c31-18-5-4-12-6-34-21(25-12)16-10-36-22(29-16)14-8-32-19(26-14)2-1-3-20-27-15(9-33-20)23-30-17(11-37-23)24-28-13(18)7-35-24/h1-2,6-11H,3-5H2/b2-1+. The van der Waals surface area contributed by atoms with Gasteiger partial charge in [0.1, 0.15) is 43.3 Å². The molecule has 0 atom stereocenters. The number of carbonyl (C=O) groups excluding carboxylic acids is 1. The number of ketones is 1. The van der Waals surface area contributed by atoms with Crippen molar-refractivity contribution in [2.24, 2.45) is 0 Å². The van der Waals surface area contributed by atoms with Crippen LogP contribution in [0.4, 0.5) is 0 Å². The van der Waals surface area contributed by atoms with Gasteiger partial charge < -0.3 is 26.5 Å². The van der Waals surface area contributed by atoms with Gasteiger partial charge >= 0.3 is 0 Å². The van der Waals surface area contributed by atoms with Crippen molar-refractivity contribution in [2.75, 3.05) is 0 Å². The van der Waals surface area contributed by atoms with E-state index in [0.29, 0.717) is 53.1 Å². The molecule has 13 nitrogen and oxygen atoms in total. The molecule has 0 spiro atoms. The number of hydrogen-bond acceptors (Lipinski definition) is 13. The van der Waals surface area contributed by atoms with E-state index in [2.05, 4.69) is 29.9 Å². The van der Waals surface area contributed by atoms with Gasteiger partial charge in [0, 0.05) is 19.3 Å². The summed E-state index contributed by atoms with van der Waals surface area (Å²) >= 11 is 0. The molecule has 0 aliphatic carbocycles. The fraction of sp³-hybridized carbons (Fsp3) is 0.125. The molecule has 13 heteroatoms. The minimum absolute atomic E-state index is 0.142. The van der Waals surface area contributed by atoms with E-state index in [1.54, 1.807) is 12.2 Å². The Morgan fingerprint density at radius 2 is 1.11 bits per heavy atom. The first-order valence-electron chi connectivity index (χ1n) is 11.1.